The van der Waals surface area contributed by atoms with Crippen LogP contribution in [-0.2, 0) is 0 Å². The van der Waals surface area contributed by atoms with Crippen LogP contribution in [0.3, 0.4) is 0 Å². The Morgan fingerprint density at radius 3 is 2.57 bits per heavy atom. The standard InChI is InChI=1S/C17H17N3O/c1-10-6-16-17(7-11(10)2)20(9-19-16)13-4-5-15(18)14(8-13)12(3)21/h4-9H,18H2,1-3H3. The number of rotatable bonds is 2. The van der Waals surface area contributed by atoms with Crippen LogP contribution in [0.2, 0.25) is 0 Å². The molecule has 4 nitrogen and oxygen atoms in total. The van der Waals surface area contributed by atoms with E-state index in [1.165, 1.54) is 18.1 Å². The lowest BCUT2D eigenvalue weighted by Gasteiger charge is -2.09. The van der Waals surface area contributed by atoms with Crippen LogP contribution < -0.4 is 5.73 Å². The van der Waals surface area contributed by atoms with Crippen molar-refractivity contribution >= 4 is 22.5 Å². The zero-order valence-electron chi connectivity index (χ0n) is 12.3. The number of ketones is 1. The van der Waals surface area contributed by atoms with Crippen molar-refractivity contribution in [3.63, 3.8) is 0 Å². The molecule has 3 aromatic rings. The number of hydrogen-bond acceptors (Lipinski definition) is 3. The molecule has 4 heteroatoms. The Balaban J connectivity index is 2.23. The number of anilines is 1. The van der Waals surface area contributed by atoms with Gasteiger partial charge in [0, 0.05) is 16.9 Å². The highest BCUT2D eigenvalue weighted by atomic mass is 16.1. The minimum absolute atomic E-state index is 0.0363. The molecule has 0 saturated heterocycles. The monoisotopic (exact) mass is 279 g/mol. The highest BCUT2D eigenvalue weighted by molar-refractivity contribution is 5.99. The Hall–Kier alpha value is -2.62. The Labute approximate surface area is 123 Å². The first-order valence-corrected chi connectivity index (χ1v) is 6.82. The summed E-state index contributed by atoms with van der Waals surface area (Å²) in [6, 6.07) is 9.66. The normalized spacial score (nSPS) is 11.0. The van der Waals surface area contributed by atoms with Gasteiger partial charge in [-0.25, -0.2) is 4.98 Å². The number of Topliss-reactive ketones (excluding diaryl/α,β-unsaturated/α-hetero) is 1. The number of imidazole rings is 1. The third-order valence-electron chi connectivity index (χ3n) is 3.86. The zero-order valence-corrected chi connectivity index (χ0v) is 12.3. The van der Waals surface area contributed by atoms with Crippen LogP contribution in [0.4, 0.5) is 5.69 Å². The molecule has 0 fully saturated rings. The summed E-state index contributed by atoms with van der Waals surface area (Å²) in [6.07, 6.45) is 1.78. The van der Waals surface area contributed by atoms with Gasteiger partial charge in [0.15, 0.2) is 5.78 Å². The first kappa shape index (κ1) is 13.4. The molecule has 2 N–H and O–H groups in total. The van der Waals surface area contributed by atoms with E-state index in [1.54, 1.807) is 12.4 Å². The van der Waals surface area contributed by atoms with Crippen molar-refractivity contribution in [2.24, 2.45) is 0 Å². The molecule has 0 unspecified atom stereocenters. The summed E-state index contributed by atoms with van der Waals surface area (Å²) >= 11 is 0. The van der Waals surface area contributed by atoms with Crippen molar-refractivity contribution in [3.05, 3.63) is 53.3 Å². The van der Waals surface area contributed by atoms with E-state index in [4.69, 9.17) is 5.73 Å². The molecule has 0 atom stereocenters. The molecule has 1 heterocycles. The maximum absolute atomic E-state index is 11.6. The molecule has 0 aliphatic rings. The largest absolute Gasteiger partial charge is 0.398 e. The quantitative estimate of drug-likeness (QED) is 0.577. The molecular weight excluding hydrogens is 262 g/mol. The Morgan fingerprint density at radius 1 is 1.14 bits per heavy atom. The third kappa shape index (κ3) is 2.18. The highest BCUT2D eigenvalue weighted by Crippen LogP contribution is 2.24. The minimum atomic E-state index is -0.0363. The zero-order chi connectivity index (χ0) is 15.1. The van der Waals surface area contributed by atoms with Crippen LogP contribution in [0, 0.1) is 13.8 Å². The maximum atomic E-state index is 11.6. The summed E-state index contributed by atoms with van der Waals surface area (Å²) in [5, 5.41) is 0. The molecule has 1 aromatic heterocycles. The third-order valence-corrected chi connectivity index (χ3v) is 3.86. The van der Waals surface area contributed by atoms with Crippen molar-refractivity contribution in [3.8, 4) is 5.69 Å². The van der Waals surface area contributed by atoms with Crippen molar-refractivity contribution in [2.75, 3.05) is 5.73 Å². The summed E-state index contributed by atoms with van der Waals surface area (Å²) in [7, 11) is 0. The Bertz CT molecular complexity index is 862. The fraction of sp³-hybridized carbons (Fsp3) is 0.176. The molecule has 106 valence electrons. The topological polar surface area (TPSA) is 60.9 Å². The Kier molecular flexibility index (Phi) is 3.01. The van der Waals surface area contributed by atoms with Gasteiger partial charge in [-0.2, -0.15) is 0 Å². The van der Waals surface area contributed by atoms with Gasteiger partial charge in [-0.15, -0.1) is 0 Å². The number of benzene rings is 2. The maximum Gasteiger partial charge on any atom is 0.161 e. The van der Waals surface area contributed by atoms with Crippen molar-refractivity contribution in [2.45, 2.75) is 20.8 Å². The van der Waals surface area contributed by atoms with Crippen LogP contribution in [0.15, 0.2) is 36.7 Å². The molecule has 0 amide bonds. The summed E-state index contributed by atoms with van der Waals surface area (Å²) in [5.41, 5.74) is 12.2. The number of aromatic nitrogens is 2. The van der Waals surface area contributed by atoms with Gasteiger partial charge >= 0.3 is 0 Å². The van der Waals surface area contributed by atoms with Crippen molar-refractivity contribution < 1.29 is 4.79 Å². The summed E-state index contributed by atoms with van der Waals surface area (Å²) in [5.74, 6) is -0.0363. The van der Waals surface area contributed by atoms with E-state index in [9.17, 15) is 4.79 Å². The van der Waals surface area contributed by atoms with Crippen molar-refractivity contribution in [1.82, 2.24) is 9.55 Å². The molecule has 0 aliphatic heterocycles. The molecule has 0 spiro atoms. The number of hydrogen-bond donors (Lipinski definition) is 1. The van der Waals surface area contributed by atoms with Gasteiger partial charge in [0.05, 0.1) is 11.0 Å². The molecule has 21 heavy (non-hydrogen) atoms. The average molecular weight is 279 g/mol. The number of nitrogens with two attached hydrogens (primary N) is 1. The van der Waals surface area contributed by atoms with Crippen molar-refractivity contribution in [1.29, 1.82) is 0 Å². The van der Waals surface area contributed by atoms with Gasteiger partial charge < -0.3 is 5.73 Å². The average Bonchev–Trinajstić information content (AvgIpc) is 2.82. The van der Waals surface area contributed by atoms with E-state index >= 15 is 0 Å². The molecule has 0 bridgehead atoms. The van der Waals surface area contributed by atoms with Gasteiger partial charge in [0.2, 0.25) is 0 Å². The number of aryl methyl sites for hydroxylation is 2. The first-order chi connectivity index (χ1) is 9.97. The summed E-state index contributed by atoms with van der Waals surface area (Å²) in [6.45, 7) is 5.68. The van der Waals surface area contributed by atoms with Gasteiger partial charge in [0.25, 0.3) is 0 Å². The lowest BCUT2D eigenvalue weighted by atomic mass is 10.1. The number of carbonyl (C=O) groups is 1. The number of fused-ring (bicyclic) bond motifs is 1. The van der Waals surface area contributed by atoms with E-state index in [-0.39, 0.29) is 5.78 Å². The SMILES string of the molecule is CC(=O)c1cc(-n2cnc3cc(C)c(C)cc32)ccc1N. The predicted molar refractivity (Wildman–Crippen MR) is 85.0 cm³/mol. The lowest BCUT2D eigenvalue weighted by Crippen LogP contribution is -2.02. The fourth-order valence-electron chi connectivity index (χ4n) is 2.47. The summed E-state index contributed by atoms with van der Waals surface area (Å²) < 4.78 is 1.98. The van der Waals surface area contributed by atoms with Crippen LogP contribution >= 0.6 is 0 Å². The van der Waals surface area contributed by atoms with E-state index in [1.807, 2.05) is 16.7 Å². The van der Waals surface area contributed by atoms with E-state index in [2.05, 4.69) is 31.0 Å². The van der Waals surface area contributed by atoms with E-state index < -0.39 is 0 Å². The smallest absolute Gasteiger partial charge is 0.161 e. The van der Waals surface area contributed by atoms with Crippen LogP contribution in [0.25, 0.3) is 16.7 Å². The number of nitrogens with zero attached hydrogens (tertiary/aromatic N) is 2. The second-order valence-corrected chi connectivity index (χ2v) is 5.37. The summed E-state index contributed by atoms with van der Waals surface area (Å²) in [4.78, 5) is 16.1. The van der Waals surface area contributed by atoms with Gasteiger partial charge in [-0.1, -0.05) is 0 Å². The highest BCUT2D eigenvalue weighted by Gasteiger charge is 2.10. The first-order valence-electron chi connectivity index (χ1n) is 6.82. The van der Waals surface area contributed by atoms with Gasteiger partial charge in [-0.3, -0.25) is 9.36 Å². The van der Waals surface area contributed by atoms with Gasteiger partial charge in [0.1, 0.15) is 6.33 Å². The fourth-order valence-corrected chi connectivity index (χ4v) is 2.47. The van der Waals surface area contributed by atoms with Crippen LogP contribution in [-0.4, -0.2) is 15.3 Å². The molecule has 2 aromatic carbocycles. The predicted octanol–water partition coefficient (Wildman–Crippen LogP) is 3.43. The number of carbonyl (C=O) groups excluding carboxylic acids is 1. The molecular formula is C17H17N3O. The number of nitrogen functional groups attached to an aromatic ring is 1. The van der Waals surface area contributed by atoms with E-state index in [0.717, 1.165) is 16.7 Å². The molecule has 0 saturated carbocycles. The Morgan fingerprint density at radius 2 is 1.86 bits per heavy atom. The van der Waals surface area contributed by atoms with E-state index in [0.29, 0.717) is 11.3 Å². The molecule has 3 rings (SSSR count). The second-order valence-electron chi connectivity index (χ2n) is 5.37. The molecule has 0 aliphatic carbocycles. The van der Waals surface area contributed by atoms with Gasteiger partial charge in [-0.05, 0) is 62.2 Å². The van der Waals surface area contributed by atoms with Crippen LogP contribution in [0.5, 0.6) is 0 Å². The molecule has 0 radical (unpaired) electrons. The minimum Gasteiger partial charge on any atom is -0.398 e. The second kappa shape index (κ2) is 4.74. The van der Waals surface area contributed by atoms with Crippen LogP contribution in [0.1, 0.15) is 28.4 Å². The lowest BCUT2D eigenvalue weighted by molar-refractivity contribution is 0.101.